The third-order valence-corrected chi connectivity index (χ3v) is 3.81. The van der Waals surface area contributed by atoms with Gasteiger partial charge in [-0.3, -0.25) is 9.59 Å². The molecule has 1 aromatic carbocycles. The van der Waals surface area contributed by atoms with Gasteiger partial charge in [0, 0.05) is 26.1 Å². The lowest BCUT2D eigenvalue weighted by molar-refractivity contribution is -0.131. The van der Waals surface area contributed by atoms with E-state index in [0.717, 1.165) is 18.7 Å². The summed E-state index contributed by atoms with van der Waals surface area (Å²) < 4.78 is 0. The first-order valence-corrected chi connectivity index (χ1v) is 7.83. The van der Waals surface area contributed by atoms with Crippen LogP contribution < -0.4 is 11.1 Å². The van der Waals surface area contributed by atoms with Crippen molar-refractivity contribution in [2.24, 2.45) is 5.73 Å². The van der Waals surface area contributed by atoms with Crippen LogP contribution in [-0.2, 0) is 15.1 Å². The van der Waals surface area contributed by atoms with Gasteiger partial charge in [-0.1, -0.05) is 30.3 Å². The average Bonchev–Trinajstić information content (AvgIpc) is 2.53. The minimum Gasteiger partial charge on any atom is -0.354 e. The Labute approximate surface area is 132 Å². The van der Waals surface area contributed by atoms with Crippen LogP contribution in [0, 0.1) is 0 Å². The highest BCUT2D eigenvalue weighted by Crippen LogP contribution is 2.17. The number of carbonyl (C=O) groups is 2. The molecule has 3 N–H and O–H groups in total. The fourth-order valence-electron chi connectivity index (χ4n) is 2.28. The molecule has 0 saturated heterocycles. The Morgan fingerprint density at radius 3 is 2.32 bits per heavy atom. The smallest absolute Gasteiger partial charge is 0.244 e. The SMILES string of the molecule is CCN(CC)C(=O)CCCNC(=O)C(C)(N)c1ccccc1. The lowest BCUT2D eigenvalue weighted by Gasteiger charge is -2.24. The Morgan fingerprint density at radius 2 is 1.77 bits per heavy atom. The van der Waals surface area contributed by atoms with Crippen molar-refractivity contribution in [3.63, 3.8) is 0 Å². The summed E-state index contributed by atoms with van der Waals surface area (Å²) in [6.07, 6.45) is 1.06. The molecule has 5 nitrogen and oxygen atoms in total. The topological polar surface area (TPSA) is 75.4 Å². The molecule has 1 aromatic rings. The van der Waals surface area contributed by atoms with E-state index in [1.807, 2.05) is 44.2 Å². The second kappa shape index (κ2) is 8.54. The van der Waals surface area contributed by atoms with E-state index in [0.29, 0.717) is 19.4 Å². The quantitative estimate of drug-likeness (QED) is 0.717. The summed E-state index contributed by atoms with van der Waals surface area (Å²) in [6, 6.07) is 9.27. The first-order chi connectivity index (χ1) is 10.4. The van der Waals surface area contributed by atoms with E-state index in [1.165, 1.54) is 0 Å². The Morgan fingerprint density at radius 1 is 1.18 bits per heavy atom. The molecular formula is C17H27N3O2. The van der Waals surface area contributed by atoms with Gasteiger partial charge >= 0.3 is 0 Å². The van der Waals surface area contributed by atoms with Gasteiger partial charge in [-0.25, -0.2) is 0 Å². The molecule has 1 atom stereocenters. The van der Waals surface area contributed by atoms with E-state index in [-0.39, 0.29) is 11.8 Å². The van der Waals surface area contributed by atoms with Gasteiger partial charge in [0.05, 0.1) is 0 Å². The number of nitrogens with two attached hydrogens (primary N) is 1. The maximum Gasteiger partial charge on any atom is 0.244 e. The minimum absolute atomic E-state index is 0.123. The lowest BCUT2D eigenvalue weighted by atomic mass is 9.92. The molecule has 0 aliphatic carbocycles. The summed E-state index contributed by atoms with van der Waals surface area (Å²) in [4.78, 5) is 25.9. The van der Waals surface area contributed by atoms with E-state index < -0.39 is 5.54 Å². The summed E-state index contributed by atoms with van der Waals surface area (Å²) in [5.74, 6) is -0.105. The molecule has 22 heavy (non-hydrogen) atoms. The zero-order valence-corrected chi connectivity index (χ0v) is 13.8. The van der Waals surface area contributed by atoms with Crippen molar-refractivity contribution in [2.75, 3.05) is 19.6 Å². The Bertz CT molecular complexity index is 482. The van der Waals surface area contributed by atoms with Gasteiger partial charge in [0.1, 0.15) is 5.54 Å². The molecule has 1 unspecified atom stereocenters. The van der Waals surface area contributed by atoms with Crippen LogP contribution in [0.25, 0.3) is 0 Å². The van der Waals surface area contributed by atoms with Crippen molar-refractivity contribution < 1.29 is 9.59 Å². The molecule has 0 spiro atoms. The molecular weight excluding hydrogens is 278 g/mol. The van der Waals surface area contributed by atoms with Crippen molar-refractivity contribution in [2.45, 2.75) is 39.2 Å². The molecule has 0 heterocycles. The molecule has 2 amide bonds. The number of hydrogen-bond acceptors (Lipinski definition) is 3. The van der Waals surface area contributed by atoms with Crippen LogP contribution in [0.4, 0.5) is 0 Å². The van der Waals surface area contributed by atoms with Crippen LogP contribution in [-0.4, -0.2) is 36.3 Å². The van der Waals surface area contributed by atoms with E-state index in [1.54, 1.807) is 11.8 Å². The fourth-order valence-corrected chi connectivity index (χ4v) is 2.28. The molecule has 5 heteroatoms. The van der Waals surface area contributed by atoms with Crippen molar-refractivity contribution in [3.8, 4) is 0 Å². The predicted octanol–water partition coefficient (Wildman–Crippen LogP) is 1.63. The van der Waals surface area contributed by atoms with Crippen molar-refractivity contribution in [1.29, 1.82) is 0 Å². The number of hydrogen-bond donors (Lipinski definition) is 2. The summed E-state index contributed by atoms with van der Waals surface area (Å²) in [6.45, 7) is 7.50. The second-order valence-corrected chi connectivity index (χ2v) is 5.49. The monoisotopic (exact) mass is 305 g/mol. The Kier molecular flexibility index (Phi) is 7.05. The van der Waals surface area contributed by atoms with Crippen LogP contribution in [0.3, 0.4) is 0 Å². The number of nitrogens with zero attached hydrogens (tertiary/aromatic N) is 1. The van der Waals surface area contributed by atoms with Crippen molar-refractivity contribution in [3.05, 3.63) is 35.9 Å². The number of amides is 2. The summed E-state index contributed by atoms with van der Waals surface area (Å²) in [7, 11) is 0. The number of rotatable bonds is 8. The molecule has 0 radical (unpaired) electrons. The molecule has 122 valence electrons. The summed E-state index contributed by atoms with van der Waals surface area (Å²) in [5.41, 5.74) is 5.83. The zero-order valence-electron chi connectivity index (χ0n) is 13.8. The summed E-state index contributed by atoms with van der Waals surface area (Å²) in [5, 5.41) is 2.82. The first kappa shape index (κ1) is 18.2. The van der Waals surface area contributed by atoms with Gasteiger partial charge < -0.3 is 16.0 Å². The Balaban J connectivity index is 2.42. The second-order valence-electron chi connectivity index (χ2n) is 5.49. The highest BCUT2D eigenvalue weighted by atomic mass is 16.2. The average molecular weight is 305 g/mol. The number of benzene rings is 1. The Hall–Kier alpha value is -1.88. The molecule has 0 bridgehead atoms. The molecule has 0 saturated carbocycles. The lowest BCUT2D eigenvalue weighted by Crippen LogP contribution is -2.49. The van der Waals surface area contributed by atoms with Gasteiger partial charge in [0.2, 0.25) is 11.8 Å². The number of nitrogens with one attached hydrogen (secondary N) is 1. The minimum atomic E-state index is -1.07. The first-order valence-electron chi connectivity index (χ1n) is 7.83. The van der Waals surface area contributed by atoms with Crippen molar-refractivity contribution in [1.82, 2.24) is 10.2 Å². The third-order valence-electron chi connectivity index (χ3n) is 3.81. The largest absolute Gasteiger partial charge is 0.354 e. The molecule has 0 aliphatic rings. The highest BCUT2D eigenvalue weighted by Gasteiger charge is 2.29. The van der Waals surface area contributed by atoms with Crippen LogP contribution in [0.1, 0.15) is 39.2 Å². The standard InChI is InChI=1S/C17H27N3O2/c1-4-20(5-2)15(21)12-9-13-19-16(22)17(3,18)14-10-7-6-8-11-14/h6-8,10-11H,4-5,9,12-13,18H2,1-3H3,(H,19,22). The molecule has 1 rings (SSSR count). The van der Waals surface area contributed by atoms with E-state index in [4.69, 9.17) is 5.73 Å². The van der Waals surface area contributed by atoms with Crippen LogP contribution in [0.2, 0.25) is 0 Å². The van der Waals surface area contributed by atoms with E-state index >= 15 is 0 Å². The van der Waals surface area contributed by atoms with E-state index in [2.05, 4.69) is 5.32 Å². The van der Waals surface area contributed by atoms with Crippen LogP contribution in [0.5, 0.6) is 0 Å². The fraction of sp³-hybridized carbons (Fsp3) is 0.529. The van der Waals surface area contributed by atoms with Gasteiger partial charge in [-0.2, -0.15) is 0 Å². The maximum absolute atomic E-state index is 12.2. The third kappa shape index (κ3) is 4.84. The maximum atomic E-state index is 12.2. The van der Waals surface area contributed by atoms with Crippen molar-refractivity contribution >= 4 is 11.8 Å². The molecule has 0 aliphatic heterocycles. The van der Waals surface area contributed by atoms with Gasteiger partial charge in [0.25, 0.3) is 0 Å². The van der Waals surface area contributed by atoms with Crippen LogP contribution in [0.15, 0.2) is 30.3 Å². The highest BCUT2D eigenvalue weighted by molar-refractivity contribution is 5.87. The number of carbonyl (C=O) groups excluding carboxylic acids is 2. The predicted molar refractivity (Wildman–Crippen MR) is 88.2 cm³/mol. The molecule has 0 aromatic heterocycles. The van der Waals surface area contributed by atoms with Gasteiger partial charge in [0.15, 0.2) is 0 Å². The van der Waals surface area contributed by atoms with Gasteiger partial charge in [-0.05, 0) is 32.8 Å². The van der Waals surface area contributed by atoms with E-state index in [9.17, 15) is 9.59 Å². The molecule has 0 fully saturated rings. The zero-order chi connectivity index (χ0) is 16.6. The normalized spacial score (nSPS) is 13.3. The van der Waals surface area contributed by atoms with Crippen LogP contribution >= 0.6 is 0 Å². The summed E-state index contributed by atoms with van der Waals surface area (Å²) >= 11 is 0. The van der Waals surface area contributed by atoms with Gasteiger partial charge in [-0.15, -0.1) is 0 Å².